The molecular weight excluding hydrogens is 370 g/mol. The molecule has 29 heavy (non-hydrogen) atoms. The zero-order valence-corrected chi connectivity index (χ0v) is 16.1. The SMILES string of the molecule is CCCNC(=O)Cc1cccc(Cn2cc(NC(=O)c3nccnc3N)cn2)c1. The first-order chi connectivity index (χ1) is 14.0. The van der Waals surface area contributed by atoms with Crippen molar-refractivity contribution in [3.05, 3.63) is 65.9 Å². The monoisotopic (exact) mass is 393 g/mol. The van der Waals surface area contributed by atoms with Crippen LogP contribution in [0.4, 0.5) is 11.5 Å². The molecule has 0 fully saturated rings. The largest absolute Gasteiger partial charge is 0.382 e. The Bertz CT molecular complexity index is 1000. The standard InChI is InChI=1S/C20H23N7O2/c1-2-6-22-17(28)10-14-4-3-5-15(9-14)12-27-13-16(11-25-27)26-20(29)18-19(21)24-8-7-23-18/h3-5,7-9,11,13H,2,6,10,12H2,1H3,(H2,21,24)(H,22,28)(H,26,29). The molecule has 0 unspecified atom stereocenters. The topological polar surface area (TPSA) is 128 Å². The number of benzene rings is 1. The van der Waals surface area contributed by atoms with Gasteiger partial charge in [0, 0.05) is 25.1 Å². The third-order valence-electron chi connectivity index (χ3n) is 4.11. The summed E-state index contributed by atoms with van der Waals surface area (Å²) in [4.78, 5) is 32.0. The number of carbonyl (C=O) groups is 2. The highest BCUT2D eigenvalue weighted by Gasteiger charge is 2.13. The maximum atomic E-state index is 12.3. The number of hydrogen-bond acceptors (Lipinski definition) is 6. The Morgan fingerprint density at radius 3 is 2.76 bits per heavy atom. The molecule has 3 rings (SSSR count). The van der Waals surface area contributed by atoms with Crippen molar-refractivity contribution < 1.29 is 9.59 Å². The molecule has 2 amide bonds. The number of rotatable bonds is 8. The number of carbonyl (C=O) groups excluding carboxylic acids is 2. The van der Waals surface area contributed by atoms with Gasteiger partial charge in [-0.05, 0) is 17.5 Å². The van der Waals surface area contributed by atoms with Gasteiger partial charge >= 0.3 is 0 Å². The van der Waals surface area contributed by atoms with Gasteiger partial charge in [0.2, 0.25) is 5.91 Å². The van der Waals surface area contributed by atoms with E-state index in [-0.39, 0.29) is 17.4 Å². The second kappa shape index (κ2) is 9.45. The predicted molar refractivity (Wildman–Crippen MR) is 109 cm³/mol. The summed E-state index contributed by atoms with van der Waals surface area (Å²) < 4.78 is 1.70. The van der Waals surface area contributed by atoms with E-state index in [9.17, 15) is 9.59 Å². The lowest BCUT2D eigenvalue weighted by Crippen LogP contribution is -2.25. The molecule has 0 aliphatic carbocycles. The lowest BCUT2D eigenvalue weighted by atomic mass is 10.1. The summed E-state index contributed by atoms with van der Waals surface area (Å²) in [5.74, 6) is -0.371. The molecule has 2 heterocycles. The van der Waals surface area contributed by atoms with Crippen molar-refractivity contribution in [1.82, 2.24) is 25.1 Å². The van der Waals surface area contributed by atoms with E-state index >= 15 is 0 Å². The van der Waals surface area contributed by atoms with Gasteiger partial charge in [-0.3, -0.25) is 14.3 Å². The minimum absolute atomic E-state index is 0.0105. The first-order valence-corrected chi connectivity index (χ1v) is 9.30. The van der Waals surface area contributed by atoms with E-state index < -0.39 is 5.91 Å². The van der Waals surface area contributed by atoms with Crippen molar-refractivity contribution in [3.8, 4) is 0 Å². The quantitative estimate of drug-likeness (QED) is 0.534. The van der Waals surface area contributed by atoms with Crippen molar-refractivity contribution >= 4 is 23.3 Å². The molecule has 0 radical (unpaired) electrons. The number of nitrogens with two attached hydrogens (primary N) is 1. The molecule has 3 aromatic rings. The van der Waals surface area contributed by atoms with Crippen molar-refractivity contribution in [2.24, 2.45) is 0 Å². The fourth-order valence-corrected chi connectivity index (χ4v) is 2.77. The number of amides is 2. The molecule has 0 bridgehead atoms. The fraction of sp³-hybridized carbons (Fsp3) is 0.250. The molecule has 9 nitrogen and oxygen atoms in total. The highest BCUT2D eigenvalue weighted by atomic mass is 16.2. The predicted octanol–water partition coefficient (Wildman–Crippen LogP) is 1.62. The summed E-state index contributed by atoms with van der Waals surface area (Å²) >= 11 is 0. The third kappa shape index (κ3) is 5.61. The smallest absolute Gasteiger partial charge is 0.278 e. The van der Waals surface area contributed by atoms with E-state index in [0.29, 0.717) is 25.2 Å². The van der Waals surface area contributed by atoms with Crippen molar-refractivity contribution in [2.45, 2.75) is 26.3 Å². The molecule has 150 valence electrons. The van der Waals surface area contributed by atoms with Gasteiger partial charge in [0.25, 0.3) is 5.91 Å². The molecule has 0 saturated carbocycles. The van der Waals surface area contributed by atoms with E-state index in [2.05, 4.69) is 25.7 Å². The number of anilines is 2. The van der Waals surface area contributed by atoms with Crippen LogP contribution in [0, 0.1) is 0 Å². The fourth-order valence-electron chi connectivity index (χ4n) is 2.77. The van der Waals surface area contributed by atoms with Crippen LogP contribution >= 0.6 is 0 Å². The average molecular weight is 393 g/mol. The van der Waals surface area contributed by atoms with Crippen LogP contribution in [0.15, 0.2) is 49.1 Å². The Kier molecular flexibility index (Phi) is 6.51. The lowest BCUT2D eigenvalue weighted by Gasteiger charge is -2.07. The van der Waals surface area contributed by atoms with Crippen LogP contribution in [0.25, 0.3) is 0 Å². The number of hydrogen-bond donors (Lipinski definition) is 3. The maximum Gasteiger partial charge on any atom is 0.278 e. The van der Waals surface area contributed by atoms with Crippen LogP contribution < -0.4 is 16.4 Å². The van der Waals surface area contributed by atoms with Crippen molar-refractivity contribution in [2.75, 3.05) is 17.6 Å². The molecule has 0 atom stereocenters. The second-order valence-electron chi connectivity index (χ2n) is 6.52. The van der Waals surface area contributed by atoms with Crippen LogP contribution in [-0.2, 0) is 17.8 Å². The zero-order chi connectivity index (χ0) is 20.6. The molecule has 0 saturated heterocycles. The zero-order valence-electron chi connectivity index (χ0n) is 16.1. The van der Waals surface area contributed by atoms with Gasteiger partial charge in [-0.2, -0.15) is 5.10 Å². The summed E-state index contributed by atoms with van der Waals surface area (Å²) in [6.45, 7) is 3.21. The lowest BCUT2D eigenvalue weighted by molar-refractivity contribution is -0.120. The van der Waals surface area contributed by atoms with Gasteiger partial charge < -0.3 is 16.4 Å². The van der Waals surface area contributed by atoms with Crippen molar-refractivity contribution in [3.63, 3.8) is 0 Å². The number of nitrogen functional groups attached to an aromatic ring is 1. The van der Waals surface area contributed by atoms with E-state index in [4.69, 9.17) is 5.73 Å². The van der Waals surface area contributed by atoms with Gasteiger partial charge in [0.1, 0.15) is 0 Å². The molecule has 4 N–H and O–H groups in total. The summed E-state index contributed by atoms with van der Waals surface area (Å²) in [7, 11) is 0. The van der Waals surface area contributed by atoms with Gasteiger partial charge in [0.05, 0.1) is 24.8 Å². The Labute approximate surface area is 168 Å². The van der Waals surface area contributed by atoms with Gasteiger partial charge in [-0.1, -0.05) is 31.2 Å². The molecule has 0 aliphatic heterocycles. The molecule has 0 spiro atoms. The Morgan fingerprint density at radius 1 is 1.17 bits per heavy atom. The van der Waals surface area contributed by atoms with Crippen LogP contribution in [0.5, 0.6) is 0 Å². The van der Waals surface area contributed by atoms with Crippen LogP contribution in [0.2, 0.25) is 0 Å². The van der Waals surface area contributed by atoms with E-state index in [0.717, 1.165) is 17.5 Å². The first kappa shape index (κ1) is 20.0. The highest BCUT2D eigenvalue weighted by Crippen LogP contribution is 2.12. The number of aromatic nitrogens is 4. The second-order valence-corrected chi connectivity index (χ2v) is 6.52. The van der Waals surface area contributed by atoms with Crippen molar-refractivity contribution in [1.29, 1.82) is 0 Å². The Hall–Kier alpha value is -3.75. The number of nitrogens with zero attached hydrogens (tertiary/aromatic N) is 4. The van der Waals surface area contributed by atoms with Crippen LogP contribution in [0.3, 0.4) is 0 Å². The molecule has 0 aliphatic rings. The number of nitrogens with one attached hydrogen (secondary N) is 2. The van der Waals surface area contributed by atoms with Gasteiger partial charge in [-0.25, -0.2) is 9.97 Å². The molecular formula is C20H23N7O2. The Balaban J connectivity index is 1.61. The minimum atomic E-state index is -0.449. The van der Waals surface area contributed by atoms with E-state index in [1.54, 1.807) is 17.1 Å². The summed E-state index contributed by atoms with van der Waals surface area (Å²) in [6, 6.07) is 7.79. The average Bonchev–Trinajstić information content (AvgIpc) is 3.13. The van der Waals surface area contributed by atoms with Gasteiger partial charge in [-0.15, -0.1) is 0 Å². The normalized spacial score (nSPS) is 10.5. The first-order valence-electron chi connectivity index (χ1n) is 9.30. The molecule has 2 aromatic heterocycles. The summed E-state index contributed by atoms with van der Waals surface area (Å²) in [5.41, 5.74) is 8.21. The highest BCUT2D eigenvalue weighted by molar-refractivity contribution is 6.05. The summed E-state index contributed by atoms with van der Waals surface area (Å²) in [5, 5.41) is 9.85. The molecule has 9 heteroatoms. The molecule has 1 aromatic carbocycles. The van der Waals surface area contributed by atoms with E-state index in [1.807, 2.05) is 31.2 Å². The maximum absolute atomic E-state index is 12.3. The van der Waals surface area contributed by atoms with Gasteiger partial charge in [0.15, 0.2) is 11.5 Å². The van der Waals surface area contributed by atoms with E-state index in [1.165, 1.54) is 12.4 Å². The van der Waals surface area contributed by atoms with Crippen LogP contribution in [0.1, 0.15) is 35.0 Å². The van der Waals surface area contributed by atoms with Crippen LogP contribution in [-0.4, -0.2) is 38.1 Å². The summed E-state index contributed by atoms with van der Waals surface area (Å²) in [6.07, 6.45) is 7.34. The third-order valence-corrected chi connectivity index (χ3v) is 4.11. The Morgan fingerprint density at radius 2 is 1.97 bits per heavy atom. The minimum Gasteiger partial charge on any atom is -0.382 e.